The minimum Gasteiger partial charge on any atom is -0.396 e. The van der Waals surface area contributed by atoms with Crippen LogP contribution in [0.1, 0.15) is 16.8 Å². The number of nitrogens with two attached hydrogens (primary N) is 1. The topological polar surface area (TPSA) is 98.7 Å². The number of nitro groups is 1. The van der Waals surface area contributed by atoms with E-state index >= 15 is 0 Å². The number of ether oxygens (including phenoxy) is 1. The van der Waals surface area contributed by atoms with Crippen molar-refractivity contribution in [2.24, 2.45) is 0 Å². The Morgan fingerprint density at radius 1 is 1.55 bits per heavy atom. The molecule has 1 rings (SSSR count). The molecule has 110 valence electrons. The van der Waals surface area contributed by atoms with Gasteiger partial charge in [-0.3, -0.25) is 14.9 Å². The zero-order valence-corrected chi connectivity index (χ0v) is 11.3. The van der Waals surface area contributed by atoms with Crippen molar-refractivity contribution in [2.75, 3.05) is 33.0 Å². The van der Waals surface area contributed by atoms with Crippen molar-refractivity contribution in [3.63, 3.8) is 0 Å². The van der Waals surface area contributed by atoms with E-state index in [-0.39, 0.29) is 11.3 Å². The van der Waals surface area contributed by atoms with Gasteiger partial charge in [0.2, 0.25) is 0 Å². The van der Waals surface area contributed by atoms with Gasteiger partial charge >= 0.3 is 0 Å². The van der Waals surface area contributed by atoms with E-state index in [1.54, 1.807) is 0 Å². The molecule has 1 aromatic carbocycles. The van der Waals surface area contributed by atoms with Crippen LogP contribution in [-0.2, 0) is 4.74 Å². The standard InChI is InChI=1S/C12H16FN3O4/c1-15(4-3-5-20-2)12(17)8-6-10(14)9(13)7-11(8)16(18)19/h6-7H,3-5,14H2,1-2H3. The largest absolute Gasteiger partial charge is 0.396 e. The number of carbonyl (C=O) groups excluding carboxylic acids is 1. The second kappa shape index (κ2) is 6.80. The summed E-state index contributed by atoms with van der Waals surface area (Å²) in [6.45, 7) is 0.826. The third kappa shape index (κ3) is 3.64. The van der Waals surface area contributed by atoms with E-state index in [2.05, 4.69) is 0 Å². The molecule has 0 aliphatic carbocycles. The summed E-state index contributed by atoms with van der Waals surface area (Å²) < 4.78 is 18.1. The predicted octanol–water partition coefficient (Wildman–Crippen LogP) is 1.42. The van der Waals surface area contributed by atoms with Crippen LogP contribution in [0.2, 0.25) is 0 Å². The molecule has 0 saturated carbocycles. The average molecular weight is 285 g/mol. The number of nitro benzene ring substituents is 1. The van der Waals surface area contributed by atoms with Crippen LogP contribution in [0.5, 0.6) is 0 Å². The first-order chi connectivity index (χ1) is 9.38. The Labute approximate surface area is 115 Å². The number of rotatable bonds is 6. The lowest BCUT2D eigenvalue weighted by molar-refractivity contribution is -0.385. The van der Waals surface area contributed by atoms with Gasteiger partial charge in [-0.05, 0) is 12.5 Å². The summed E-state index contributed by atoms with van der Waals surface area (Å²) in [5, 5.41) is 10.9. The number of amides is 1. The highest BCUT2D eigenvalue weighted by Crippen LogP contribution is 2.25. The molecule has 0 aromatic heterocycles. The van der Waals surface area contributed by atoms with Crippen molar-refractivity contribution in [1.29, 1.82) is 0 Å². The summed E-state index contributed by atoms with van der Waals surface area (Å²) >= 11 is 0. The molecule has 0 aliphatic heterocycles. The van der Waals surface area contributed by atoms with Crippen LogP contribution < -0.4 is 5.73 Å². The van der Waals surface area contributed by atoms with Gasteiger partial charge in [-0.15, -0.1) is 0 Å². The van der Waals surface area contributed by atoms with E-state index in [9.17, 15) is 19.3 Å². The minimum absolute atomic E-state index is 0.228. The van der Waals surface area contributed by atoms with E-state index in [1.165, 1.54) is 19.1 Å². The number of anilines is 1. The van der Waals surface area contributed by atoms with Gasteiger partial charge in [-0.25, -0.2) is 4.39 Å². The summed E-state index contributed by atoms with van der Waals surface area (Å²) in [6.07, 6.45) is 0.587. The molecule has 1 amide bonds. The molecular weight excluding hydrogens is 269 g/mol. The summed E-state index contributed by atoms with van der Waals surface area (Å²) in [6, 6.07) is 1.65. The Morgan fingerprint density at radius 2 is 2.20 bits per heavy atom. The van der Waals surface area contributed by atoms with E-state index in [1.807, 2.05) is 0 Å². The third-order valence-corrected chi connectivity index (χ3v) is 2.73. The maximum Gasteiger partial charge on any atom is 0.285 e. The van der Waals surface area contributed by atoms with Gasteiger partial charge in [0.05, 0.1) is 16.7 Å². The van der Waals surface area contributed by atoms with Gasteiger partial charge in [-0.2, -0.15) is 0 Å². The van der Waals surface area contributed by atoms with Crippen LogP contribution in [0.15, 0.2) is 12.1 Å². The zero-order valence-electron chi connectivity index (χ0n) is 11.3. The number of nitrogen functional groups attached to an aromatic ring is 1. The first-order valence-corrected chi connectivity index (χ1v) is 5.86. The minimum atomic E-state index is -0.921. The quantitative estimate of drug-likeness (QED) is 0.369. The number of hydrogen-bond donors (Lipinski definition) is 1. The molecule has 0 unspecified atom stereocenters. The fraction of sp³-hybridized carbons (Fsp3) is 0.417. The molecular formula is C12H16FN3O4. The summed E-state index contributed by atoms with van der Waals surface area (Å²) in [4.78, 5) is 23.5. The lowest BCUT2D eigenvalue weighted by atomic mass is 10.1. The van der Waals surface area contributed by atoms with Gasteiger partial charge in [0.15, 0.2) is 5.82 Å². The van der Waals surface area contributed by atoms with Gasteiger partial charge in [0, 0.05) is 27.3 Å². The Hall–Kier alpha value is -2.22. The Bertz CT molecular complexity index is 522. The fourth-order valence-corrected chi connectivity index (χ4v) is 1.66. The molecule has 7 nitrogen and oxygen atoms in total. The molecule has 0 spiro atoms. The van der Waals surface area contributed by atoms with Crippen molar-refractivity contribution >= 4 is 17.3 Å². The first-order valence-electron chi connectivity index (χ1n) is 5.86. The molecule has 8 heteroatoms. The SMILES string of the molecule is COCCCN(C)C(=O)c1cc(N)c(F)cc1[N+](=O)[O-]. The molecule has 0 radical (unpaired) electrons. The second-order valence-electron chi connectivity index (χ2n) is 4.22. The van der Waals surface area contributed by atoms with Crippen molar-refractivity contribution in [2.45, 2.75) is 6.42 Å². The van der Waals surface area contributed by atoms with Gasteiger partial charge in [0.1, 0.15) is 5.56 Å². The van der Waals surface area contributed by atoms with Crippen molar-refractivity contribution in [3.8, 4) is 0 Å². The number of benzene rings is 1. The number of methoxy groups -OCH3 is 1. The Balaban J connectivity index is 3.02. The van der Waals surface area contributed by atoms with Gasteiger partial charge in [-0.1, -0.05) is 0 Å². The summed E-state index contributed by atoms with van der Waals surface area (Å²) in [5.74, 6) is -1.50. The van der Waals surface area contributed by atoms with Gasteiger partial charge in [0.25, 0.3) is 11.6 Å². The molecule has 0 bridgehead atoms. The normalized spacial score (nSPS) is 10.3. The molecule has 0 aliphatic rings. The highest BCUT2D eigenvalue weighted by atomic mass is 19.1. The maximum absolute atomic E-state index is 13.3. The fourth-order valence-electron chi connectivity index (χ4n) is 1.66. The highest BCUT2D eigenvalue weighted by molar-refractivity contribution is 5.98. The van der Waals surface area contributed by atoms with Crippen LogP contribution in [-0.4, -0.2) is 43.0 Å². The van der Waals surface area contributed by atoms with Crippen molar-refractivity contribution in [3.05, 3.63) is 33.6 Å². The smallest absolute Gasteiger partial charge is 0.285 e. The first kappa shape index (κ1) is 15.8. The van der Waals surface area contributed by atoms with E-state index in [4.69, 9.17) is 10.5 Å². The molecule has 20 heavy (non-hydrogen) atoms. The lowest BCUT2D eigenvalue weighted by Crippen LogP contribution is -2.29. The number of halogens is 1. The Morgan fingerprint density at radius 3 is 2.75 bits per heavy atom. The van der Waals surface area contributed by atoms with Crippen LogP contribution in [0, 0.1) is 15.9 Å². The predicted molar refractivity (Wildman–Crippen MR) is 70.9 cm³/mol. The molecule has 2 N–H and O–H groups in total. The molecule has 0 heterocycles. The van der Waals surface area contributed by atoms with Crippen LogP contribution in [0.4, 0.5) is 15.8 Å². The Kier molecular flexibility index (Phi) is 5.39. The highest BCUT2D eigenvalue weighted by Gasteiger charge is 2.25. The average Bonchev–Trinajstić information content (AvgIpc) is 2.40. The van der Waals surface area contributed by atoms with E-state index in [0.29, 0.717) is 25.6 Å². The lowest BCUT2D eigenvalue weighted by Gasteiger charge is -2.17. The maximum atomic E-state index is 13.3. The summed E-state index contributed by atoms with van der Waals surface area (Å²) in [5.41, 5.74) is 4.23. The molecule has 0 saturated heterocycles. The third-order valence-electron chi connectivity index (χ3n) is 2.73. The van der Waals surface area contributed by atoms with Crippen LogP contribution in [0.25, 0.3) is 0 Å². The second-order valence-corrected chi connectivity index (χ2v) is 4.22. The molecule has 0 atom stereocenters. The van der Waals surface area contributed by atoms with Crippen molar-refractivity contribution in [1.82, 2.24) is 4.90 Å². The van der Waals surface area contributed by atoms with Crippen LogP contribution >= 0.6 is 0 Å². The van der Waals surface area contributed by atoms with Crippen molar-refractivity contribution < 1.29 is 18.8 Å². The zero-order chi connectivity index (χ0) is 15.3. The van der Waals surface area contributed by atoms with E-state index in [0.717, 1.165) is 6.07 Å². The number of hydrogen-bond acceptors (Lipinski definition) is 5. The molecule has 0 fully saturated rings. The van der Waals surface area contributed by atoms with Crippen LogP contribution in [0.3, 0.4) is 0 Å². The number of nitrogens with zero attached hydrogens (tertiary/aromatic N) is 2. The monoisotopic (exact) mass is 285 g/mol. The van der Waals surface area contributed by atoms with E-state index < -0.39 is 22.3 Å². The summed E-state index contributed by atoms with van der Waals surface area (Å²) in [7, 11) is 3.04. The van der Waals surface area contributed by atoms with Gasteiger partial charge < -0.3 is 15.4 Å². The molecule has 1 aromatic rings. The number of carbonyl (C=O) groups is 1.